The second kappa shape index (κ2) is 6.56. The molecular weight excluding hydrogens is 286 g/mol. The molecule has 0 aliphatic heterocycles. The van der Waals surface area contributed by atoms with Crippen LogP contribution in [0.3, 0.4) is 0 Å². The monoisotopic (exact) mass is 309 g/mol. The fourth-order valence-electron chi connectivity index (χ4n) is 2.06. The molecule has 0 saturated heterocycles. The molecule has 1 aromatic carbocycles. The normalized spacial score (nSPS) is 12.4. The molecule has 1 rings (SSSR count). The van der Waals surface area contributed by atoms with Crippen LogP contribution in [0.5, 0.6) is 0 Å². The van der Waals surface area contributed by atoms with Crippen LogP contribution in [0.2, 0.25) is 0 Å². The third-order valence-corrected chi connectivity index (χ3v) is 5.51. The van der Waals surface area contributed by atoms with Crippen molar-refractivity contribution >= 4 is 10.0 Å². The van der Waals surface area contributed by atoms with Crippen molar-refractivity contribution < 1.29 is 8.42 Å². The Morgan fingerprint density at radius 2 is 2.00 bits per heavy atom. The zero-order valence-electron chi connectivity index (χ0n) is 13.0. The van der Waals surface area contributed by atoms with Gasteiger partial charge in [-0.25, -0.2) is 8.42 Å². The first kappa shape index (κ1) is 17.6. The number of nitrogens with two attached hydrogens (primary N) is 1. The van der Waals surface area contributed by atoms with Gasteiger partial charge in [-0.1, -0.05) is 20.8 Å². The Balaban J connectivity index is 3.23. The van der Waals surface area contributed by atoms with Crippen molar-refractivity contribution in [1.82, 2.24) is 4.31 Å². The maximum absolute atomic E-state index is 12.8. The molecule has 0 fully saturated rings. The van der Waals surface area contributed by atoms with Crippen LogP contribution in [0.4, 0.5) is 0 Å². The van der Waals surface area contributed by atoms with Gasteiger partial charge in [-0.15, -0.1) is 0 Å². The fraction of sp³-hybridized carbons (Fsp3) is 0.533. The Morgan fingerprint density at radius 1 is 1.38 bits per heavy atom. The maximum atomic E-state index is 12.8. The van der Waals surface area contributed by atoms with Crippen molar-refractivity contribution in [2.24, 2.45) is 11.1 Å². The van der Waals surface area contributed by atoms with Crippen LogP contribution in [0.25, 0.3) is 0 Å². The summed E-state index contributed by atoms with van der Waals surface area (Å²) in [5.41, 5.74) is 6.45. The van der Waals surface area contributed by atoms with Gasteiger partial charge in [-0.3, -0.25) is 0 Å². The minimum Gasteiger partial charge on any atom is -0.330 e. The largest absolute Gasteiger partial charge is 0.330 e. The van der Waals surface area contributed by atoms with Gasteiger partial charge in [0.1, 0.15) is 0 Å². The van der Waals surface area contributed by atoms with E-state index in [-0.39, 0.29) is 10.3 Å². The van der Waals surface area contributed by atoms with Gasteiger partial charge in [0, 0.05) is 13.1 Å². The van der Waals surface area contributed by atoms with E-state index in [0.717, 1.165) is 0 Å². The first-order valence-corrected chi connectivity index (χ1v) is 8.33. The molecule has 0 heterocycles. The van der Waals surface area contributed by atoms with Crippen LogP contribution < -0.4 is 5.73 Å². The Bertz CT molecular complexity index is 645. The number of nitriles is 1. The topological polar surface area (TPSA) is 87.2 Å². The van der Waals surface area contributed by atoms with Gasteiger partial charge >= 0.3 is 0 Å². The zero-order chi connectivity index (χ0) is 16.3. The van der Waals surface area contributed by atoms with Crippen molar-refractivity contribution in [2.45, 2.75) is 32.6 Å². The Labute approximate surface area is 127 Å². The lowest BCUT2D eigenvalue weighted by Gasteiger charge is -2.30. The Morgan fingerprint density at radius 3 is 2.43 bits per heavy atom. The van der Waals surface area contributed by atoms with Gasteiger partial charge in [-0.05, 0) is 42.6 Å². The van der Waals surface area contributed by atoms with Crippen LogP contribution >= 0.6 is 0 Å². The molecule has 0 aliphatic carbocycles. The first-order valence-electron chi connectivity index (χ1n) is 6.89. The molecule has 0 amide bonds. The third kappa shape index (κ3) is 4.03. The van der Waals surface area contributed by atoms with E-state index in [1.165, 1.54) is 16.4 Å². The predicted octanol–water partition coefficient (Wildman–Crippen LogP) is 1.86. The number of hydrogen-bond donors (Lipinski definition) is 1. The summed E-state index contributed by atoms with van der Waals surface area (Å²) in [6, 6.07) is 6.64. The molecule has 0 unspecified atom stereocenters. The summed E-state index contributed by atoms with van der Waals surface area (Å²) in [6.45, 7) is 8.55. The van der Waals surface area contributed by atoms with E-state index < -0.39 is 10.0 Å². The van der Waals surface area contributed by atoms with E-state index in [1.807, 2.05) is 26.8 Å². The fourth-order valence-corrected chi connectivity index (χ4v) is 3.90. The SMILES string of the molecule is CCN(CC(C)(C)CN)S(=O)(=O)c1ccc(C#N)cc1C. The molecular formula is C15H23N3O2S. The molecule has 0 saturated carbocycles. The van der Waals surface area contributed by atoms with Crippen LogP contribution in [0.1, 0.15) is 31.9 Å². The number of sulfonamides is 1. The number of hydrogen-bond acceptors (Lipinski definition) is 4. The average molecular weight is 309 g/mol. The standard InChI is InChI=1S/C15H23N3O2S/c1-5-18(11-15(3,4)10-17)21(19,20)14-7-6-13(9-16)8-12(14)2/h6-8H,5,10-11,17H2,1-4H3. The van der Waals surface area contributed by atoms with Crippen LogP contribution in [0.15, 0.2) is 23.1 Å². The lowest BCUT2D eigenvalue weighted by Crippen LogP contribution is -2.42. The van der Waals surface area contributed by atoms with Crippen molar-refractivity contribution in [3.63, 3.8) is 0 Å². The van der Waals surface area contributed by atoms with Gasteiger partial charge in [0.25, 0.3) is 0 Å². The average Bonchev–Trinajstić information content (AvgIpc) is 2.44. The number of aryl methyl sites for hydroxylation is 1. The molecule has 5 nitrogen and oxygen atoms in total. The molecule has 2 N–H and O–H groups in total. The number of benzene rings is 1. The minimum absolute atomic E-state index is 0.246. The summed E-state index contributed by atoms with van der Waals surface area (Å²) >= 11 is 0. The van der Waals surface area contributed by atoms with Gasteiger partial charge in [0.15, 0.2) is 0 Å². The van der Waals surface area contributed by atoms with Crippen molar-refractivity contribution in [3.05, 3.63) is 29.3 Å². The highest BCUT2D eigenvalue weighted by molar-refractivity contribution is 7.89. The highest BCUT2D eigenvalue weighted by Gasteiger charge is 2.30. The molecule has 21 heavy (non-hydrogen) atoms. The van der Waals surface area contributed by atoms with Gasteiger partial charge in [0.2, 0.25) is 10.0 Å². The second-order valence-electron chi connectivity index (χ2n) is 5.89. The summed E-state index contributed by atoms with van der Waals surface area (Å²) in [5, 5.41) is 8.87. The van der Waals surface area contributed by atoms with E-state index in [1.54, 1.807) is 13.0 Å². The summed E-state index contributed by atoms with van der Waals surface area (Å²) in [7, 11) is -3.58. The molecule has 1 aromatic rings. The Kier molecular flexibility index (Phi) is 5.51. The maximum Gasteiger partial charge on any atom is 0.243 e. The molecule has 0 spiro atoms. The van der Waals surface area contributed by atoms with Crippen molar-refractivity contribution in [3.8, 4) is 6.07 Å². The van der Waals surface area contributed by atoms with E-state index in [4.69, 9.17) is 11.0 Å². The lowest BCUT2D eigenvalue weighted by atomic mass is 9.94. The van der Waals surface area contributed by atoms with E-state index in [2.05, 4.69) is 0 Å². The summed E-state index contributed by atoms with van der Waals surface area (Å²) in [6.07, 6.45) is 0. The van der Waals surface area contributed by atoms with E-state index >= 15 is 0 Å². The third-order valence-electron chi connectivity index (χ3n) is 3.43. The van der Waals surface area contributed by atoms with Crippen LogP contribution in [-0.2, 0) is 10.0 Å². The van der Waals surface area contributed by atoms with Crippen molar-refractivity contribution in [1.29, 1.82) is 5.26 Å². The highest BCUT2D eigenvalue weighted by Crippen LogP contribution is 2.24. The Hall–Kier alpha value is -1.42. The summed E-state index contributed by atoms with van der Waals surface area (Å²) in [4.78, 5) is 0.246. The molecule has 0 radical (unpaired) electrons. The molecule has 0 atom stereocenters. The molecule has 0 bridgehead atoms. The number of rotatable bonds is 6. The molecule has 0 aliphatic rings. The van der Waals surface area contributed by atoms with Gasteiger partial charge in [0.05, 0.1) is 16.5 Å². The smallest absolute Gasteiger partial charge is 0.243 e. The number of nitrogens with zero attached hydrogens (tertiary/aromatic N) is 2. The predicted molar refractivity (Wildman–Crippen MR) is 83.2 cm³/mol. The zero-order valence-corrected chi connectivity index (χ0v) is 13.9. The van der Waals surface area contributed by atoms with Gasteiger partial charge < -0.3 is 5.73 Å². The van der Waals surface area contributed by atoms with Crippen molar-refractivity contribution in [2.75, 3.05) is 19.6 Å². The van der Waals surface area contributed by atoms with Crippen LogP contribution in [0, 0.1) is 23.7 Å². The van der Waals surface area contributed by atoms with Gasteiger partial charge in [-0.2, -0.15) is 9.57 Å². The van der Waals surface area contributed by atoms with E-state index in [0.29, 0.717) is 30.8 Å². The van der Waals surface area contributed by atoms with E-state index in [9.17, 15) is 8.42 Å². The molecule has 116 valence electrons. The summed E-state index contributed by atoms with van der Waals surface area (Å²) < 4.78 is 27.0. The second-order valence-corrected chi connectivity index (χ2v) is 7.80. The summed E-state index contributed by atoms with van der Waals surface area (Å²) in [5.74, 6) is 0. The lowest BCUT2D eigenvalue weighted by molar-refractivity contribution is 0.273. The highest BCUT2D eigenvalue weighted by atomic mass is 32.2. The minimum atomic E-state index is -3.58. The van der Waals surface area contributed by atoms with Crippen LogP contribution in [-0.4, -0.2) is 32.4 Å². The quantitative estimate of drug-likeness (QED) is 0.869. The molecule has 6 heteroatoms. The first-order chi connectivity index (χ1) is 9.67. The molecule has 0 aromatic heterocycles.